The number of carbonyl (C=O) groups is 1. The van der Waals surface area contributed by atoms with E-state index in [1.165, 1.54) is 0 Å². The molecule has 5 rings (SSSR count). The van der Waals surface area contributed by atoms with Gasteiger partial charge in [-0.25, -0.2) is 9.78 Å². The van der Waals surface area contributed by atoms with Gasteiger partial charge in [0.1, 0.15) is 11.1 Å². The first-order valence-corrected chi connectivity index (χ1v) is 11.8. The molecule has 0 amide bonds. The molecule has 0 saturated heterocycles. The maximum Gasteiger partial charge on any atom is 0.357 e. The van der Waals surface area contributed by atoms with Crippen molar-refractivity contribution in [2.24, 2.45) is 5.92 Å². The van der Waals surface area contributed by atoms with Gasteiger partial charge in [0.05, 0.1) is 35.2 Å². The van der Waals surface area contributed by atoms with Gasteiger partial charge in [-0.05, 0) is 57.0 Å². The summed E-state index contributed by atoms with van der Waals surface area (Å²) in [6, 6.07) is 13.2. The Morgan fingerprint density at radius 1 is 1.23 bits per heavy atom. The molecule has 1 fully saturated rings. The van der Waals surface area contributed by atoms with E-state index < -0.39 is 5.97 Å². The third-order valence-corrected chi connectivity index (χ3v) is 6.34. The molecule has 0 aliphatic heterocycles. The van der Waals surface area contributed by atoms with Crippen molar-refractivity contribution in [2.75, 3.05) is 5.32 Å². The van der Waals surface area contributed by atoms with Gasteiger partial charge in [0.2, 0.25) is 0 Å². The lowest BCUT2D eigenvalue weighted by Gasteiger charge is -2.27. The number of aromatic amines is 1. The minimum absolute atomic E-state index is 0.0709. The SMILES string of the molecule is CC(C)OC(=O)c1ccc2cc(Nc3nn(C4CCCCC4C#N)c4cc[nH]c(=O)c34)ccc2n1. The highest BCUT2D eigenvalue weighted by Gasteiger charge is 2.29. The van der Waals surface area contributed by atoms with E-state index in [-0.39, 0.29) is 29.3 Å². The number of pyridine rings is 2. The van der Waals surface area contributed by atoms with Crippen LogP contribution in [0.15, 0.2) is 47.4 Å². The summed E-state index contributed by atoms with van der Waals surface area (Å²) in [5, 5.41) is 19.0. The molecule has 9 heteroatoms. The number of carbonyl (C=O) groups excluding carboxylic acids is 1. The average molecular weight is 471 g/mol. The second kappa shape index (κ2) is 9.22. The lowest BCUT2D eigenvalue weighted by atomic mass is 9.85. The highest BCUT2D eigenvalue weighted by atomic mass is 16.5. The van der Waals surface area contributed by atoms with Crippen LogP contribution in [0.5, 0.6) is 0 Å². The summed E-state index contributed by atoms with van der Waals surface area (Å²) in [4.78, 5) is 32.1. The Kier molecular flexibility index (Phi) is 5.95. The number of nitriles is 1. The van der Waals surface area contributed by atoms with Crippen LogP contribution in [0.1, 0.15) is 56.1 Å². The molecule has 178 valence electrons. The van der Waals surface area contributed by atoms with Crippen molar-refractivity contribution in [3.63, 3.8) is 0 Å². The summed E-state index contributed by atoms with van der Waals surface area (Å²) in [5.41, 5.74) is 2.10. The fourth-order valence-electron chi connectivity index (χ4n) is 4.72. The van der Waals surface area contributed by atoms with Gasteiger partial charge in [-0.2, -0.15) is 10.4 Å². The minimum Gasteiger partial charge on any atom is -0.458 e. The van der Waals surface area contributed by atoms with Crippen LogP contribution in [0.4, 0.5) is 11.5 Å². The zero-order chi connectivity index (χ0) is 24.5. The molecule has 4 aromatic rings. The summed E-state index contributed by atoms with van der Waals surface area (Å²) < 4.78 is 7.07. The second-order valence-electron chi connectivity index (χ2n) is 9.13. The van der Waals surface area contributed by atoms with Crippen LogP contribution in [-0.4, -0.2) is 31.8 Å². The molecule has 2 unspecified atom stereocenters. The number of benzene rings is 1. The van der Waals surface area contributed by atoms with Gasteiger partial charge in [-0.1, -0.05) is 18.9 Å². The lowest BCUT2D eigenvalue weighted by molar-refractivity contribution is 0.0371. The van der Waals surface area contributed by atoms with E-state index in [1.807, 2.05) is 28.9 Å². The summed E-state index contributed by atoms with van der Waals surface area (Å²) >= 11 is 0. The third kappa shape index (κ3) is 4.35. The molecule has 2 atom stereocenters. The lowest BCUT2D eigenvalue weighted by Crippen LogP contribution is -2.23. The maximum absolute atomic E-state index is 12.8. The van der Waals surface area contributed by atoms with Gasteiger partial charge >= 0.3 is 5.97 Å². The Morgan fingerprint density at radius 2 is 2.06 bits per heavy atom. The van der Waals surface area contributed by atoms with Gasteiger partial charge < -0.3 is 15.0 Å². The van der Waals surface area contributed by atoms with Gasteiger partial charge in [0, 0.05) is 17.3 Å². The number of H-pyrrole nitrogens is 1. The van der Waals surface area contributed by atoms with E-state index in [0.29, 0.717) is 22.2 Å². The van der Waals surface area contributed by atoms with Crippen LogP contribution in [0, 0.1) is 17.2 Å². The first-order valence-electron chi connectivity index (χ1n) is 11.8. The van der Waals surface area contributed by atoms with Gasteiger partial charge in [0.25, 0.3) is 5.56 Å². The number of aromatic nitrogens is 4. The van der Waals surface area contributed by atoms with Crippen LogP contribution in [-0.2, 0) is 4.74 Å². The molecule has 3 aromatic heterocycles. The Labute approximate surface area is 201 Å². The van der Waals surface area contributed by atoms with Gasteiger partial charge in [0.15, 0.2) is 5.82 Å². The number of rotatable bonds is 5. The first-order chi connectivity index (χ1) is 16.9. The number of anilines is 2. The fraction of sp³-hybridized carbons (Fsp3) is 0.346. The molecule has 35 heavy (non-hydrogen) atoms. The second-order valence-corrected chi connectivity index (χ2v) is 9.13. The van der Waals surface area contributed by atoms with E-state index in [4.69, 9.17) is 9.84 Å². The zero-order valence-electron chi connectivity index (χ0n) is 19.6. The highest BCUT2D eigenvalue weighted by molar-refractivity contribution is 5.94. The summed E-state index contributed by atoms with van der Waals surface area (Å²) in [5.74, 6) is -0.158. The van der Waals surface area contributed by atoms with Crippen molar-refractivity contribution < 1.29 is 9.53 Å². The predicted molar refractivity (Wildman–Crippen MR) is 133 cm³/mol. The first kappa shape index (κ1) is 22.6. The van der Waals surface area contributed by atoms with E-state index >= 15 is 0 Å². The summed E-state index contributed by atoms with van der Waals surface area (Å²) in [6.07, 6.45) is 5.13. The summed E-state index contributed by atoms with van der Waals surface area (Å²) in [6.45, 7) is 3.59. The number of nitrogens with one attached hydrogen (secondary N) is 2. The third-order valence-electron chi connectivity index (χ3n) is 6.34. The van der Waals surface area contributed by atoms with Crippen LogP contribution in [0.2, 0.25) is 0 Å². The largest absolute Gasteiger partial charge is 0.458 e. The van der Waals surface area contributed by atoms with Crippen molar-refractivity contribution >= 4 is 39.3 Å². The number of fused-ring (bicyclic) bond motifs is 2. The number of esters is 1. The molecule has 0 bridgehead atoms. The van der Waals surface area contributed by atoms with E-state index in [0.717, 1.165) is 36.8 Å². The number of hydrogen-bond acceptors (Lipinski definition) is 7. The smallest absolute Gasteiger partial charge is 0.357 e. The van der Waals surface area contributed by atoms with E-state index in [1.54, 1.807) is 32.2 Å². The Hall–Kier alpha value is -4.19. The average Bonchev–Trinajstić information content (AvgIpc) is 3.22. The molecule has 1 aromatic carbocycles. The molecule has 3 heterocycles. The Bertz CT molecular complexity index is 1510. The van der Waals surface area contributed by atoms with Crippen molar-refractivity contribution in [3.05, 3.63) is 58.6 Å². The number of hydrogen-bond donors (Lipinski definition) is 2. The van der Waals surface area contributed by atoms with Gasteiger partial charge in [-0.15, -0.1) is 0 Å². The topological polar surface area (TPSA) is 126 Å². The minimum atomic E-state index is -0.460. The molecule has 0 spiro atoms. The quantitative estimate of drug-likeness (QED) is 0.400. The van der Waals surface area contributed by atoms with Crippen molar-refractivity contribution in [1.29, 1.82) is 5.26 Å². The monoisotopic (exact) mass is 470 g/mol. The number of ether oxygens (including phenoxy) is 1. The Balaban J connectivity index is 1.50. The molecule has 9 nitrogen and oxygen atoms in total. The Morgan fingerprint density at radius 3 is 2.86 bits per heavy atom. The standard InChI is InChI=1S/C26H26N6O3/c1-15(2)35-26(34)20-9-7-16-13-18(8-10-19(16)30-20)29-24-23-22(11-12-28-25(23)33)32(31-24)21-6-4-3-5-17(21)14-27/h7-13,15,17,21H,3-6H2,1-2H3,(H,28,33)(H,29,31). The van der Waals surface area contributed by atoms with E-state index in [9.17, 15) is 14.9 Å². The molecule has 1 aliphatic rings. The van der Waals surface area contributed by atoms with Crippen LogP contribution in [0.25, 0.3) is 21.8 Å². The number of nitrogens with zero attached hydrogens (tertiary/aromatic N) is 4. The highest BCUT2D eigenvalue weighted by Crippen LogP contribution is 2.36. The molecule has 1 saturated carbocycles. The molecule has 2 N–H and O–H groups in total. The van der Waals surface area contributed by atoms with Crippen LogP contribution >= 0.6 is 0 Å². The molecular formula is C26H26N6O3. The predicted octanol–water partition coefficient (Wildman–Crippen LogP) is 4.84. The fourth-order valence-corrected chi connectivity index (χ4v) is 4.72. The van der Waals surface area contributed by atoms with Crippen LogP contribution in [0.3, 0.4) is 0 Å². The summed E-state index contributed by atoms with van der Waals surface area (Å²) in [7, 11) is 0. The normalized spacial score (nSPS) is 18.0. The van der Waals surface area contributed by atoms with Crippen molar-refractivity contribution in [1.82, 2.24) is 19.7 Å². The molecule has 0 radical (unpaired) electrons. The van der Waals surface area contributed by atoms with Crippen LogP contribution < -0.4 is 10.9 Å². The van der Waals surface area contributed by atoms with E-state index in [2.05, 4.69) is 21.4 Å². The van der Waals surface area contributed by atoms with Crippen molar-refractivity contribution in [2.45, 2.75) is 51.7 Å². The maximum atomic E-state index is 12.8. The van der Waals surface area contributed by atoms with Gasteiger partial charge in [-0.3, -0.25) is 9.48 Å². The zero-order valence-corrected chi connectivity index (χ0v) is 19.6. The van der Waals surface area contributed by atoms with Crippen molar-refractivity contribution in [3.8, 4) is 6.07 Å². The molecule has 1 aliphatic carbocycles. The molecular weight excluding hydrogens is 444 g/mol.